The minimum absolute atomic E-state index is 0. The first kappa shape index (κ1) is 43.9. The number of carbonyl (C=O) groups is 1. The average Bonchev–Trinajstić information content (AvgIpc) is 3.01. The van der Waals surface area contributed by atoms with Crippen LogP contribution in [0.25, 0.3) is 0 Å². The van der Waals surface area contributed by atoms with Gasteiger partial charge >= 0.3 is 60.2 Å². The zero-order chi connectivity index (χ0) is 37.4. The van der Waals surface area contributed by atoms with Crippen LogP contribution in [0.2, 0.25) is 0 Å². The summed E-state index contributed by atoms with van der Waals surface area (Å²) in [4.78, 5) is 11.0. The molecule has 276 valence electrons. The number of hydrogen-bond donors (Lipinski definition) is 1. The molecule has 5 rings (SSSR count). The number of carboxylic acids is 1. The van der Waals surface area contributed by atoms with Gasteiger partial charge in [-0.05, 0) is 82.2 Å². The van der Waals surface area contributed by atoms with Gasteiger partial charge in [0.1, 0.15) is 0 Å². The molecular formula is C40H45F6IO2P2. The zero-order valence-electron chi connectivity index (χ0n) is 28.6. The summed E-state index contributed by atoms with van der Waals surface area (Å²) >= 11 is -0.0703. The van der Waals surface area contributed by atoms with Gasteiger partial charge in [-0.3, -0.25) is 0 Å². The van der Waals surface area contributed by atoms with Crippen molar-refractivity contribution in [3.05, 3.63) is 157 Å². The second-order valence-electron chi connectivity index (χ2n) is 13.4. The predicted molar refractivity (Wildman–Crippen MR) is 200 cm³/mol. The van der Waals surface area contributed by atoms with Crippen molar-refractivity contribution in [3.8, 4) is 0 Å². The fourth-order valence-electron chi connectivity index (χ4n) is 4.51. The number of aromatic carboxylic acids is 1. The van der Waals surface area contributed by atoms with Crippen molar-refractivity contribution in [2.45, 2.75) is 59.8 Å². The second kappa shape index (κ2) is 16.6. The number of halogens is 7. The molecule has 0 radical (unpaired) electrons. The van der Waals surface area contributed by atoms with Gasteiger partial charge in [-0.1, -0.05) is 146 Å². The minimum atomic E-state index is -10.7. The van der Waals surface area contributed by atoms with Crippen molar-refractivity contribution in [1.82, 2.24) is 0 Å². The molecule has 51 heavy (non-hydrogen) atoms. The molecular weight excluding hydrogens is 815 g/mol. The Bertz CT molecular complexity index is 1710. The normalized spacial score (nSPS) is 12.9. The van der Waals surface area contributed by atoms with Gasteiger partial charge in [0, 0.05) is 0 Å². The molecule has 1 N–H and O–H groups in total. The van der Waals surface area contributed by atoms with Crippen molar-refractivity contribution < 1.29 is 56.3 Å². The molecule has 0 amide bonds. The van der Waals surface area contributed by atoms with Crippen molar-refractivity contribution in [2.24, 2.45) is 0 Å². The number of carboxylic acid groups (broad SMARTS) is 1. The third-order valence-corrected chi connectivity index (χ3v) is 12.2. The Labute approximate surface area is 309 Å². The number of hydrogen-bond acceptors (Lipinski definition) is 1. The average molecular weight is 861 g/mol. The Morgan fingerprint density at radius 1 is 0.529 bits per heavy atom. The maximum absolute atomic E-state index is 11.0. The molecule has 0 unspecified atom stereocenters. The van der Waals surface area contributed by atoms with E-state index in [4.69, 9.17) is 5.11 Å². The van der Waals surface area contributed by atoms with Crippen LogP contribution in [-0.4, -0.2) is 11.1 Å². The van der Waals surface area contributed by atoms with Gasteiger partial charge in [-0.2, -0.15) is 0 Å². The van der Waals surface area contributed by atoms with Crippen LogP contribution in [-0.2, 0) is 10.8 Å². The van der Waals surface area contributed by atoms with E-state index in [1.54, 1.807) is 12.1 Å². The summed E-state index contributed by atoms with van der Waals surface area (Å²) in [5.41, 5.74) is 3.63. The first-order valence-electron chi connectivity index (χ1n) is 15.5. The molecule has 0 aromatic heterocycles. The minimum Gasteiger partial charge on any atom is -0.478 e. The van der Waals surface area contributed by atoms with Crippen molar-refractivity contribution in [3.63, 3.8) is 0 Å². The van der Waals surface area contributed by atoms with Gasteiger partial charge in [-0.25, -0.2) is 4.79 Å². The topological polar surface area (TPSA) is 37.3 Å². The van der Waals surface area contributed by atoms with Gasteiger partial charge in [0.2, 0.25) is 0 Å². The Balaban J connectivity index is 0.000000294. The Morgan fingerprint density at radius 3 is 1.10 bits per heavy atom. The predicted octanol–water partition coefficient (Wildman–Crippen LogP) is 9.57. The summed E-state index contributed by atoms with van der Waals surface area (Å²) in [7, 11) is -11.3. The van der Waals surface area contributed by atoms with Crippen LogP contribution >= 0.6 is 15.7 Å². The van der Waals surface area contributed by atoms with Gasteiger partial charge in [-0.15, -0.1) is 0 Å². The summed E-state index contributed by atoms with van der Waals surface area (Å²) in [5, 5.41) is 12.7. The summed E-state index contributed by atoms with van der Waals surface area (Å²) in [6, 6.07) is 46.3. The van der Waals surface area contributed by atoms with E-state index >= 15 is 0 Å². The van der Waals surface area contributed by atoms with Crippen molar-refractivity contribution >= 4 is 37.6 Å². The van der Waals surface area contributed by atoms with Crippen LogP contribution in [0.3, 0.4) is 0 Å². The quantitative estimate of drug-likeness (QED) is 0.105. The second-order valence-corrected chi connectivity index (χ2v) is 20.6. The van der Waals surface area contributed by atoms with Crippen molar-refractivity contribution in [2.75, 3.05) is 0 Å². The number of rotatable bonds is 6. The van der Waals surface area contributed by atoms with Gasteiger partial charge in [0.05, 0.1) is 5.56 Å². The molecule has 0 aliphatic carbocycles. The van der Waals surface area contributed by atoms with E-state index in [1.165, 1.54) is 28.9 Å². The maximum Gasteiger partial charge on any atom is 0.335 e. The molecule has 5 aromatic rings. The molecule has 0 heterocycles. The molecule has 0 saturated carbocycles. The SMILES string of the molecule is C.CC(C)(C)c1ccc([I+]c2ccc(C(C)(C)C)cc2)cc1.F[P-](F)(F)(F)(F)F.O=C(O)c1ccc(P(c2ccccc2)c2ccccc2)cc1. The molecule has 0 saturated heterocycles. The van der Waals surface area contributed by atoms with Crippen LogP contribution in [0, 0.1) is 7.14 Å². The fourth-order valence-corrected chi connectivity index (χ4v) is 8.95. The summed E-state index contributed by atoms with van der Waals surface area (Å²) in [6.45, 7) is 13.6. The maximum atomic E-state index is 11.0. The first-order chi connectivity index (χ1) is 22.9. The van der Waals surface area contributed by atoms with Crippen LogP contribution in [0.15, 0.2) is 133 Å². The number of benzene rings is 5. The van der Waals surface area contributed by atoms with E-state index in [0.717, 1.165) is 5.30 Å². The third-order valence-electron chi connectivity index (χ3n) is 7.04. The van der Waals surface area contributed by atoms with E-state index < -0.39 is 21.7 Å². The summed E-state index contributed by atoms with van der Waals surface area (Å²) in [6.07, 6.45) is 0. The van der Waals surface area contributed by atoms with E-state index in [0.29, 0.717) is 5.56 Å². The molecule has 11 heteroatoms. The Kier molecular flexibility index (Phi) is 14.3. The Hall–Kier alpha value is -3.26. The van der Waals surface area contributed by atoms with E-state index in [1.807, 2.05) is 48.5 Å². The van der Waals surface area contributed by atoms with Crippen LogP contribution in [0.4, 0.5) is 25.2 Å². The monoisotopic (exact) mass is 860 g/mol. The van der Waals surface area contributed by atoms with E-state index in [2.05, 4.69) is 114 Å². The first-order valence-corrected chi connectivity index (χ1v) is 21.1. The van der Waals surface area contributed by atoms with E-state index in [-0.39, 0.29) is 39.5 Å². The van der Waals surface area contributed by atoms with Crippen LogP contribution in [0.1, 0.15) is 70.5 Å². The largest absolute Gasteiger partial charge is 0.478 e. The van der Waals surface area contributed by atoms with Gasteiger partial charge < -0.3 is 5.11 Å². The molecule has 0 aliphatic rings. The molecule has 0 spiro atoms. The molecule has 2 nitrogen and oxygen atoms in total. The molecule has 0 fully saturated rings. The standard InChI is InChI=1S/C20H26I.C19H15O2P.CH4.F6P/c1-19(2,3)15-7-11-17(12-8-15)21-18-13-9-16(10-14-18)20(4,5)6;20-19(21)15-11-13-18(14-12-15)22(16-7-3-1-4-8-16)17-9-5-2-6-10-17;;1-7(2,3,4,5)6/h7-14H,1-6H3;1-14H,(H,20,21);1H4;/q+1;;;-1. The zero-order valence-corrected chi connectivity index (χ0v) is 32.5. The summed E-state index contributed by atoms with van der Waals surface area (Å²) < 4.78 is 62.2. The third kappa shape index (κ3) is 16.7. The molecule has 5 aromatic carbocycles. The molecule has 0 atom stereocenters. The van der Waals surface area contributed by atoms with E-state index in [9.17, 15) is 30.0 Å². The molecule has 0 bridgehead atoms. The molecule has 0 aliphatic heterocycles. The van der Waals surface area contributed by atoms with Gasteiger partial charge in [0.15, 0.2) is 7.14 Å². The Morgan fingerprint density at radius 2 is 0.824 bits per heavy atom. The smallest absolute Gasteiger partial charge is 0.335 e. The van der Waals surface area contributed by atoms with Gasteiger partial charge in [0.25, 0.3) is 0 Å². The van der Waals surface area contributed by atoms with Crippen LogP contribution in [0.5, 0.6) is 0 Å². The fraction of sp³-hybridized carbons (Fsp3) is 0.225. The summed E-state index contributed by atoms with van der Waals surface area (Å²) in [5.74, 6) is -0.893. The van der Waals surface area contributed by atoms with Crippen LogP contribution < -0.4 is 37.1 Å². The van der Waals surface area contributed by atoms with Crippen molar-refractivity contribution in [1.29, 1.82) is 0 Å².